The molecule has 0 aromatic carbocycles. The monoisotopic (exact) mass is 710 g/mol. The molecule has 0 aromatic rings. The standard InChI is InChI=1S/C42H79NO7/c1-6-8-10-12-14-16-18-20-21-23-24-26-28-30-32-40(44)49-37-38(36-48-35-34-39(42(46)47)43(3,4)5)50-41(45)33-31-29-27-25-22-19-17-15-13-11-9-7-2/h15,17,38-39H,6-14,16,18-37H2,1-5H3/b17-15+. The molecule has 0 radical (unpaired) electrons. The van der Waals surface area contributed by atoms with Crippen molar-refractivity contribution in [1.82, 2.24) is 0 Å². The van der Waals surface area contributed by atoms with Crippen molar-refractivity contribution in [3.05, 3.63) is 12.2 Å². The number of esters is 2. The van der Waals surface area contributed by atoms with Crippen LogP contribution in [-0.2, 0) is 28.6 Å². The number of rotatable bonds is 37. The first kappa shape index (κ1) is 48.1. The molecule has 0 N–H and O–H groups in total. The molecular weight excluding hydrogens is 630 g/mol. The molecule has 2 atom stereocenters. The van der Waals surface area contributed by atoms with Crippen LogP contribution in [0.2, 0.25) is 0 Å². The van der Waals surface area contributed by atoms with Gasteiger partial charge in [0.15, 0.2) is 6.10 Å². The highest BCUT2D eigenvalue weighted by Crippen LogP contribution is 2.15. The van der Waals surface area contributed by atoms with Crippen LogP contribution in [0.25, 0.3) is 0 Å². The molecule has 0 aromatic heterocycles. The number of hydrogen-bond acceptors (Lipinski definition) is 7. The van der Waals surface area contributed by atoms with Gasteiger partial charge in [-0.25, -0.2) is 0 Å². The Morgan fingerprint density at radius 2 is 1.00 bits per heavy atom. The summed E-state index contributed by atoms with van der Waals surface area (Å²) in [5.74, 6) is -1.74. The van der Waals surface area contributed by atoms with E-state index in [1.807, 2.05) is 0 Å². The first-order valence-corrected chi connectivity index (χ1v) is 20.7. The normalized spacial score (nSPS) is 13.1. The minimum atomic E-state index is -1.12. The molecule has 0 saturated carbocycles. The van der Waals surface area contributed by atoms with Crippen LogP contribution in [0.1, 0.15) is 187 Å². The third-order valence-electron chi connectivity index (χ3n) is 9.40. The fourth-order valence-corrected chi connectivity index (χ4v) is 6.12. The van der Waals surface area contributed by atoms with E-state index in [1.165, 1.54) is 103 Å². The molecule has 8 nitrogen and oxygen atoms in total. The van der Waals surface area contributed by atoms with Gasteiger partial charge in [-0.15, -0.1) is 0 Å². The van der Waals surface area contributed by atoms with Crippen LogP contribution in [0.4, 0.5) is 0 Å². The Morgan fingerprint density at radius 3 is 1.48 bits per heavy atom. The van der Waals surface area contributed by atoms with Crippen molar-refractivity contribution in [1.29, 1.82) is 0 Å². The second-order valence-corrected chi connectivity index (χ2v) is 15.2. The Hall–Kier alpha value is -1.93. The lowest BCUT2D eigenvalue weighted by atomic mass is 10.0. The number of aliphatic carboxylic acids is 1. The number of allylic oxidation sites excluding steroid dienone is 2. The zero-order valence-electron chi connectivity index (χ0n) is 33.3. The summed E-state index contributed by atoms with van der Waals surface area (Å²) in [6.07, 6.45) is 33.7. The minimum absolute atomic E-state index is 0.0424. The molecule has 0 rings (SSSR count). The van der Waals surface area contributed by atoms with Gasteiger partial charge in [-0.2, -0.15) is 0 Å². The van der Waals surface area contributed by atoms with Crippen molar-refractivity contribution in [2.24, 2.45) is 0 Å². The number of carbonyl (C=O) groups is 3. The number of quaternary nitrogens is 1. The highest BCUT2D eigenvalue weighted by molar-refractivity contribution is 5.70. The first-order chi connectivity index (χ1) is 24.1. The van der Waals surface area contributed by atoms with Crippen LogP contribution in [0.3, 0.4) is 0 Å². The summed E-state index contributed by atoms with van der Waals surface area (Å²) in [5.41, 5.74) is 0. The Morgan fingerprint density at radius 1 is 0.580 bits per heavy atom. The van der Waals surface area contributed by atoms with Crippen LogP contribution < -0.4 is 5.11 Å². The molecule has 0 aliphatic rings. The number of unbranched alkanes of at least 4 members (excludes halogenated alkanes) is 21. The zero-order chi connectivity index (χ0) is 37.1. The van der Waals surface area contributed by atoms with Crippen LogP contribution in [0.15, 0.2) is 12.2 Å². The molecule has 0 spiro atoms. The van der Waals surface area contributed by atoms with Crippen molar-refractivity contribution < 1.29 is 38.2 Å². The van der Waals surface area contributed by atoms with Crippen molar-refractivity contribution in [3.8, 4) is 0 Å². The van der Waals surface area contributed by atoms with E-state index < -0.39 is 18.1 Å². The summed E-state index contributed by atoms with van der Waals surface area (Å²) in [5, 5.41) is 11.6. The summed E-state index contributed by atoms with van der Waals surface area (Å²) in [4.78, 5) is 36.7. The van der Waals surface area contributed by atoms with Gasteiger partial charge in [0, 0.05) is 19.3 Å². The molecular formula is C42H79NO7. The Bertz CT molecular complexity index is 838. The molecule has 0 saturated heterocycles. The largest absolute Gasteiger partial charge is 0.544 e. The second-order valence-electron chi connectivity index (χ2n) is 15.2. The summed E-state index contributed by atoms with van der Waals surface area (Å²) in [6.45, 7) is 4.64. The molecule has 0 amide bonds. The fourth-order valence-electron chi connectivity index (χ4n) is 6.12. The first-order valence-electron chi connectivity index (χ1n) is 20.7. The van der Waals surface area contributed by atoms with Gasteiger partial charge in [-0.3, -0.25) is 9.59 Å². The quantitative estimate of drug-likeness (QED) is 0.0274. The van der Waals surface area contributed by atoms with Crippen molar-refractivity contribution >= 4 is 17.9 Å². The molecule has 50 heavy (non-hydrogen) atoms. The topological polar surface area (TPSA) is 102 Å². The van der Waals surface area contributed by atoms with E-state index in [1.54, 1.807) is 21.1 Å². The molecule has 0 aliphatic heterocycles. The molecule has 0 aliphatic carbocycles. The van der Waals surface area contributed by atoms with E-state index in [0.29, 0.717) is 12.8 Å². The van der Waals surface area contributed by atoms with Crippen LogP contribution in [0, 0.1) is 0 Å². The van der Waals surface area contributed by atoms with Gasteiger partial charge < -0.3 is 28.6 Å². The average Bonchev–Trinajstić information content (AvgIpc) is 3.06. The SMILES string of the molecule is CCCCC/C=C/CCCCCCCC(=O)OC(COCCC(C(=O)[O-])[N+](C)(C)C)COC(=O)CCCCCCCCCCCCCCCC. The summed E-state index contributed by atoms with van der Waals surface area (Å²) in [7, 11) is 5.40. The lowest BCUT2D eigenvalue weighted by Crippen LogP contribution is -2.55. The zero-order valence-corrected chi connectivity index (χ0v) is 33.3. The van der Waals surface area contributed by atoms with Crippen LogP contribution in [-0.4, -0.2) is 75.5 Å². The molecule has 8 heteroatoms. The number of carboxylic acids is 1. The maximum atomic E-state index is 12.6. The van der Waals surface area contributed by atoms with E-state index in [-0.39, 0.29) is 42.7 Å². The molecule has 294 valence electrons. The highest BCUT2D eigenvalue weighted by Gasteiger charge is 2.25. The Labute approximate surface area is 308 Å². The van der Waals surface area contributed by atoms with E-state index in [4.69, 9.17) is 14.2 Å². The number of likely N-dealkylation sites (N-methyl/N-ethyl adjacent to an activating group) is 1. The summed E-state index contributed by atoms with van der Waals surface area (Å²) in [6, 6.07) is -0.722. The van der Waals surface area contributed by atoms with Crippen molar-refractivity contribution in [3.63, 3.8) is 0 Å². The van der Waals surface area contributed by atoms with Gasteiger partial charge in [0.2, 0.25) is 0 Å². The van der Waals surface area contributed by atoms with Gasteiger partial charge in [-0.05, 0) is 38.5 Å². The van der Waals surface area contributed by atoms with E-state index >= 15 is 0 Å². The molecule has 0 heterocycles. The second kappa shape index (κ2) is 34.2. The average molecular weight is 710 g/mol. The number of carbonyl (C=O) groups excluding carboxylic acids is 3. The lowest BCUT2D eigenvalue weighted by molar-refractivity contribution is -0.889. The molecule has 0 bridgehead atoms. The maximum Gasteiger partial charge on any atom is 0.306 e. The Kier molecular flexibility index (Phi) is 32.9. The van der Waals surface area contributed by atoms with Gasteiger partial charge in [0.25, 0.3) is 0 Å². The van der Waals surface area contributed by atoms with E-state index in [0.717, 1.165) is 51.4 Å². The number of carboxylic acid groups (broad SMARTS) is 1. The van der Waals surface area contributed by atoms with Crippen LogP contribution in [0.5, 0.6) is 0 Å². The maximum absolute atomic E-state index is 12.6. The Balaban J connectivity index is 4.36. The number of hydrogen-bond donors (Lipinski definition) is 0. The predicted molar refractivity (Wildman–Crippen MR) is 204 cm³/mol. The smallest absolute Gasteiger partial charge is 0.306 e. The minimum Gasteiger partial charge on any atom is -0.544 e. The highest BCUT2D eigenvalue weighted by atomic mass is 16.6. The number of nitrogens with zero attached hydrogens (tertiary/aromatic N) is 1. The lowest BCUT2D eigenvalue weighted by Gasteiger charge is -2.34. The third kappa shape index (κ3) is 32.0. The van der Waals surface area contributed by atoms with Crippen molar-refractivity contribution in [2.45, 2.75) is 199 Å². The van der Waals surface area contributed by atoms with E-state index in [9.17, 15) is 19.5 Å². The summed E-state index contributed by atoms with van der Waals surface area (Å²) >= 11 is 0. The molecule has 2 unspecified atom stereocenters. The van der Waals surface area contributed by atoms with Gasteiger partial charge >= 0.3 is 11.9 Å². The third-order valence-corrected chi connectivity index (χ3v) is 9.40. The van der Waals surface area contributed by atoms with Crippen LogP contribution >= 0.6 is 0 Å². The van der Waals surface area contributed by atoms with Gasteiger partial charge in [0.1, 0.15) is 12.6 Å². The predicted octanol–water partition coefficient (Wildman–Crippen LogP) is 9.41. The summed E-state index contributed by atoms with van der Waals surface area (Å²) < 4.78 is 17.1. The van der Waals surface area contributed by atoms with E-state index in [2.05, 4.69) is 26.0 Å². The van der Waals surface area contributed by atoms with Gasteiger partial charge in [0.05, 0.1) is 40.3 Å². The van der Waals surface area contributed by atoms with Crippen molar-refractivity contribution in [2.75, 3.05) is 41.0 Å². The number of ether oxygens (including phenoxy) is 3. The van der Waals surface area contributed by atoms with Gasteiger partial charge in [-0.1, -0.05) is 142 Å². The fraction of sp³-hybridized carbons (Fsp3) is 0.881. The molecule has 0 fully saturated rings.